The third-order valence-corrected chi connectivity index (χ3v) is 7.21. The topological polar surface area (TPSA) is 108 Å². The summed E-state index contributed by atoms with van der Waals surface area (Å²) < 4.78 is 2.04. The van der Waals surface area contributed by atoms with Gasteiger partial charge in [0, 0.05) is 31.0 Å². The van der Waals surface area contributed by atoms with Crippen LogP contribution in [-0.4, -0.2) is 57.9 Å². The molecule has 2 aromatic heterocycles. The highest BCUT2D eigenvalue weighted by atomic mass is 17.2. The van der Waals surface area contributed by atoms with Gasteiger partial charge in [-0.05, 0) is 95.2 Å². The Kier molecular flexibility index (Phi) is 10.3. The lowest BCUT2D eigenvalue weighted by Crippen LogP contribution is -2.38. The second-order valence-electron chi connectivity index (χ2n) is 10.4. The molecule has 39 heavy (non-hydrogen) atoms. The molecule has 0 spiro atoms. The van der Waals surface area contributed by atoms with Crippen LogP contribution < -0.4 is 15.9 Å². The molecule has 0 amide bonds. The molecule has 0 fully saturated rings. The van der Waals surface area contributed by atoms with Crippen molar-refractivity contribution in [3.05, 3.63) is 70.7 Å². The normalized spacial score (nSPS) is 13.6. The number of nitrogens with zero attached hydrogens (tertiary/aromatic N) is 4. The second kappa shape index (κ2) is 14.1. The minimum atomic E-state index is -0.766. The Balaban J connectivity index is 1.26. The van der Waals surface area contributed by atoms with Crippen molar-refractivity contribution in [1.29, 1.82) is 0 Å². The molecule has 1 atom stereocenters. The number of carbonyl (C=O) groups excluding carboxylic acids is 1. The Morgan fingerprint density at radius 1 is 1.13 bits per heavy atom. The number of para-hydroxylation sites is 1. The number of aryl methyl sites for hydroxylation is 5. The Hall–Kier alpha value is -3.43. The van der Waals surface area contributed by atoms with E-state index in [9.17, 15) is 4.79 Å². The minimum absolute atomic E-state index is 0.477. The fourth-order valence-corrected chi connectivity index (χ4v) is 4.86. The van der Waals surface area contributed by atoms with Crippen LogP contribution in [0.25, 0.3) is 0 Å². The molecule has 0 saturated carbocycles. The molecule has 0 radical (unpaired) electrons. The van der Waals surface area contributed by atoms with Crippen LogP contribution in [0.3, 0.4) is 0 Å². The smallest absolute Gasteiger partial charge is 0.370 e. The number of fused-ring (bicyclic) bond motifs is 1. The number of unbranched alkanes of at least 4 members (excludes halogenated alkanes) is 1. The first-order chi connectivity index (χ1) is 18.9. The maximum absolute atomic E-state index is 12.5. The SMILES string of the molecule is Cc1cc(C)n(CCN(CCCCc2ccc3c(n2)NCCC3)CC[C@H](N)C(=O)OOc2ccccc2C)n1. The van der Waals surface area contributed by atoms with E-state index in [0.717, 1.165) is 80.3 Å². The number of hydrogen-bond acceptors (Lipinski definition) is 8. The number of pyridine rings is 1. The summed E-state index contributed by atoms with van der Waals surface area (Å²) in [7, 11) is 0. The van der Waals surface area contributed by atoms with Gasteiger partial charge in [-0.3, -0.25) is 9.57 Å². The van der Waals surface area contributed by atoms with E-state index in [-0.39, 0.29) is 0 Å². The highest BCUT2D eigenvalue weighted by Crippen LogP contribution is 2.20. The van der Waals surface area contributed by atoms with Crippen molar-refractivity contribution in [2.45, 2.75) is 71.9 Å². The lowest BCUT2D eigenvalue weighted by molar-refractivity contribution is -0.215. The van der Waals surface area contributed by atoms with Crippen molar-refractivity contribution in [3.8, 4) is 5.75 Å². The van der Waals surface area contributed by atoms with E-state index in [1.54, 1.807) is 6.07 Å². The van der Waals surface area contributed by atoms with E-state index in [1.165, 1.54) is 12.0 Å². The van der Waals surface area contributed by atoms with Crippen LogP contribution >= 0.6 is 0 Å². The molecule has 0 saturated heterocycles. The molecule has 0 bridgehead atoms. The number of anilines is 1. The van der Waals surface area contributed by atoms with Gasteiger partial charge < -0.3 is 16.0 Å². The van der Waals surface area contributed by atoms with E-state index < -0.39 is 12.0 Å². The van der Waals surface area contributed by atoms with Crippen molar-refractivity contribution in [1.82, 2.24) is 19.7 Å². The zero-order chi connectivity index (χ0) is 27.6. The Labute approximate surface area is 231 Å². The Bertz CT molecular complexity index is 1230. The van der Waals surface area contributed by atoms with Crippen molar-refractivity contribution in [3.63, 3.8) is 0 Å². The molecule has 3 N–H and O–H groups in total. The monoisotopic (exact) mass is 534 g/mol. The van der Waals surface area contributed by atoms with Crippen LogP contribution in [0.15, 0.2) is 42.5 Å². The predicted molar refractivity (Wildman–Crippen MR) is 153 cm³/mol. The number of nitrogens with one attached hydrogen (secondary N) is 1. The largest absolute Gasteiger partial charge is 0.371 e. The molecular weight excluding hydrogens is 492 g/mol. The zero-order valence-electron chi connectivity index (χ0n) is 23.5. The summed E-state index contributed by atoms with van der Waals surface area (Å²) >= 11 is 0. The minimum Gasteiger partial charge on any atom is -0.370 e. The number of benzene rings is 1. The highest BCUT2D eigenvalue weighted by molar-refractivity contribution is 5.75. The molecule has 1 aliphatic rings. The molecule has 0 aliphatic carbocycles. The lowest BCUT2D eigenvalue weighted by atomic mass is 10.1. The van der Waals surface area contributed by atoms with Gasteiger partial charge in [0.2, 0.25) is 0 Å². The Morgan fingerprint density at radius 3 is 2.77 bits per heavy atom. The molecule has 4 rings (SSSR count). The first-order valence-corrected chi connectivity index (χ1v) is 14.0. The fourth-order valence-electron chi connectivity index (χ4n) is 4.86. The fraction of sp³-hybridized carbons (Fsp3) is 0.500. The molecular formula is C30H42N6O3. The van der Waals surface area contributed by atoms with Gasteiger partial charge in [0.05, 0.1) is 12.2 Å². The number of carbonyl (C=O) groups is 1. The number of hydrogen-bond donors (Lipinski definition) is 2. The summed E-state index contributed by atoms with van der Waals surface area (Å²) in [6, 6.07) is 13.1. The number of nitrogens with two attached hydrogens (primary N) is 1. The third-order valence-electron chi connectivity index (χ3n) is 7.21. The first-order valence-electron chi connectivity index (χ1n) is 14.0. The van der Waals surface area contributed by atoms with Gasteiger partial charge in [-0.15, -0.1) is 0 Å². The second-order valence-corrected chi connectivity index (χ2v) is 10.4. The maximum Gasteiger partial charge on any atom is 0.371 e. The molecule has 3 aromatic rings. The van der Waals surface area contributed by atoms with Crippen LogP contribution in [0, 0.1) is 20.8 Å². The van der Waals surface area contributed by atoms with Crippen molar-refractivity contribution in [2.75, 3.05) is 31.5 Å². The molecule has 9 nitrogen and oxygen atoms in total. The molecule has 0 unspecified atom stereocenters. The molecule has 3 heterocycles. The van der Waals surface area contributed by atoms with Crippen LogP contribution in [0.4, 0.5) is 5.82 Å². The van der Waals surface area contributed by atoms with Crippen molar-refractivity contribution < 1.29 is 14.6 Å². The summed E-state index contributed by atoms with van der Waals surface area (Å²) in [6.45, 7) is 10.2. The van der Waals surface area contributed by atoms with Gasteiger partial charge in [-0.1, -0.05) is 24.3 Å². The van der Waals surface area contributed by atoms with E-state index in [4.69, 9.17) is 20.5 Å². The average molecular weight is 535 g/mol. The summed E-state index contributed by atoms with van der Waals surface area (Å²) in [5.74, 6) is 0.996. The van der Waals surface area contributed by atoms with Gasteiger partial charge in [0.15, 0.2) is 5.75 Å². The van der Waals surface area contributed by atoms with E-state index >= 15 is 0 Å². The number of aromatic nitrogens is 3. The standard InChI is InChI=1S/C30H42N6O3/c1-22-9-4-5-12-28(22)38-39-30(37)27(31)15-18-35(19-20-36-24(3)21-23(2)34-36)17-7-6-11-26-14-13-25-10-8-16-32-29(25)33-26/h4-5,9,12-14,21,27H,6-8,10-11,15-20,31H2,1-3H3,(H,32,33)/t27-/m0/s1. The van der Waals surface area contributed by atoms with Crippen LogP contribution in [0.2, 0.25) is 0 Å². The molecule has 1 aliphatic heterocycles. The summed E-state index contributed by atoms with van der Waals surface area (Å²) in [5, 5.41) is 8.02. The van der Waals surface area contributed by atoms with E-state index in [2.05, 4.69) is 40.4 Å². The van der Waals surface area contributed by atoms with Crippen LogP contribution in [-0.2, 0) is 29.1 Å². The van der Waals surface area contributed by atoms with Gasteiger partial charge in [-0.25, -0.2) is 14.7 Å². The van der Waals surface area contributed by atoms with Gasteiger partial charge in [0.25, 0.3) is 0 Å². The molecule has 1 aromatic carbocycles. The summed E-state index contributed by atoms with van der Waals surface area (Å²) in [5.41, 5.74) is 11.7. The Morgan fingerprint density at radius 2 is 1.97 bits per heavy atom. The van der Waals surface area contributed by atoms with Gasteiger partial charge in [-0.2, -0.15) is 5.10 Å². The zero-order valence-corrected chi connectivity index (χ0v) is 23.5. The van der Waals surface area contributed by atoms with E-state index in [1.807, 2.05) is 36.7 Å². The van der Waals surface area contributed by atoms with Gasteiger partial charge in [0.1, 0.15) is 11.9 Å². The maximum atomic E-state index is 12.5. The van der Waals surface area contributed by atoms with Crippen LogP contribution in [0.1, 0.15) is 53.9 Å². The lowest BCUT2D eigenvalue weighted by Gasteiger charge is -2.24. The first kappa shape index (κ1) is 28.6. The quantitative estimate of drug-likeness (QED) is 0.181. The molecule has 9 heteroatoms. The van der Waals surface area contributed by atoms with E-state index in [0.29, 0.717) is 18.7 Å². The van der Waals surface area contributed by atoms with Gasteiger partial charge >= 0.3 is 5.97 Å². The van der Waals surface area contributed by atoms with Crippen molar-refractivity contribution >= 4 is 11.8 Å². The molecule has 210 valence electrons. The predicted octanol–water partition coefficient (Wildman–Crippen LogP) is 4.14. The average Bonchev–Trinajstić information content (AvgIpc) is 3.27. The third kappa shape index (κ3) is 8.53. The highest BCUT2D eigenvalue weighted by Gasteiger charge is 2.19. The van der Waals surface area contributed by atoms with Crippen LogP contribution in [0.5, 0.6) is 5.75 Å². The number of rotatable bonds is 14. The van der Waals surface area contributed by atoms with Crippen molar-refractivity contribution in [2.24, 2.45) is 5.73 Å². The summed E-state index contributed by atoms with van der Waals surface area (Å²) in [4.78, 5) is 29.9. The summed E-state index contributed by atoms with van der Waals surface area (Å²) in [6.07, 6.45) is 5.77.